The van der Waals surface area contributed by atoms with Crippen molar-refractivity contribution >= 4 is 44.0 Å². The van der Waals surface area contributed by atoms with Gasteiger partial charge in [-0.1, -0.05) is 42.5 Å². The molecule has 29 heavy (non-hydrogen) atoms. The molecule has 0 fully saturated rings. The first-order valence-electron chi connectivity index (χ1n) is 8.46. The lowest BCUT2D eigenvalue weighted by Crippen LogP contribution is -2.24. The molecule has 0 saturated heterocycles. The average molecular weight is 520 g/mol. The molecule has 0 saturated carbocycles. The Hall–Kier alpha value is -2.84. The quantitative estimate of drug-likeness (QED) is 0.321. The van der Waals surface area contributed by atoms with Crippen molar-refractivity contribution in [3.63, 3.8) is 0 Å². The van der Waals surface area contributed by atoms with Crippen LogP contribution in [0, 0.1) is 0 Å². The second-order valence-electron chi connectivity index (χ2n) is 5.93. The Labute approximate surface area is 184 Å². The molecule has 8 heteroatoms. The standard InChI is InChI=1S/C21H16Br2N2O4/c22-17-10-15(20(27)19(23)21(17)28)11-24-25-18(26)12-29-16-8-6-14(7-9-16)13-4-2-1-3-5-13/h1-11,27-28H,12H2,(H,25,26)/b24-11+. The number of hydrazone groups is 1. The number of hydrogen-bond acceptors (Lipinski definition) is 5. The number of benzene rings is 3. The molecule has 6 nitrogen and oxygen atoms in total. The number of carbonyl (C=O) groups is 1. The van der Waals surface area contributed by atoms with Crippen LogP contribution in [0.1, 0.15) is 5.56 Å². The molecule has 3 aromatic rings. The summed E-state index contributed by atoms with van der Waals surface area (Å²) in [5.74, 6) is -0.216. The van der Waals surface area contributed by atoms with Gasteiger partial charge < -0.3 is 14.9 Å². The highest BCUT2D eigenvalue weighted by Gasteiger charge is 2.12. The summed E-state index contributed by atoms with van der Waals surface area (Å²) in [6.07, 6.45) is 1.26. The number of phenols is 2. The first kappa shape index (κ1) is 20.9. The summed E-state index contributed by atoms with van der Waals surface area (Å²) in [6.45, 7) is -0.211. The van der Waals surface area contributed by atoms with E-state index in [1.165, 1.54) is 12.3 Å². The van der Waals surface area contributed by atoms with Crippen LogP contribution in [0.15, 0.2) is 74.7 Å². The maximum Gasteiger partial charge on any atom is 0.277 e. The number of amides is 1. The van der Waals surface area contributed by atoms with Crippen molar-refractivity contribution in [1.29, 1.82) is 0 Å². The van der Waals surface area contributed by atoms with Crippen molar-refractivity contribution < 1.29 is 19.7 Å². The lowest BCUT2D eigenvalue weighted by atomic mass is 10.1. The van der Waals surface area contributed by atoms with Crippen LogP contribution in [-0.4, -0.2) is 28.9 Å². The van der Waals surface area contributed by atoms with Gasteiger partial charge in [0.1, 0.15) is 21.7 Å². The number of nitrogens with zero attached hydrogens (tertiary/aromatic N) is 1. The van der Waals surface area contributed by atoms with Crippen molar-refractivity contribution in [2.24, 2.45) is 5.10 Å². The van der Waals surface area contributed by atoms with E-state index in [1.807, 2.05) is 42.5 Å². The third-order valence-electron chi connectivity index (χ3n) is 3.92. The Balaban J connectivity index is 1.53. The van der Waals surface area contributed by atoms with Gasteiger partial charge in [-0.25, -0.2) is 5.43 Å². The van der Waals surface area contributed by atoms with Gasteiger partial charge in [0.15, 0.2) is 6.61 Å². The van der Waals surface area contributed by atoms with Gasteiger partial charge in [0.05, 0.1) is 10.7 Å². The summed E-state index contributed by atoms with van der Waals surface area (Å²) in [7, 11) is 0. The normalized spacial score (nSPS) is 10.8. The molecule has 3 rings (SSSR count). The molecular weight excluding hydrogens is 504 g/mol. The van der Waals surface area contributed by atoms with Crippen molar-refractivity contribution in [3.05, 3.63) is 75.2 Å². The van der Waals surface area contributed by atoms with Crippen molar-refractivity contribution in [1.82, 2.24) is 5.43 Å². The zero-order chi connectivity index (χ0) is 20.8. The van der Waals surface area contributed by atoms with Crippen LogP contribution in [0.5, 0.6) is 17.2 Å². The fourth-order valence-corrected chi connectivity index (χ4v) is 3.60. The molecule has 1 amide bonds. The van der Waals surface area contributed by atoms with E-state index in [0.29, 0.717) is 15.8 Å². The number of phenolic OH excluding ortho intramolecular Hbond substituents is 2. The fraction of sp³-hybridized carbons (Fsp3) is 0.0476. The number of ether oxygens (including phenoxy) is 1. The Morgan fingerprint density at radius 2 is 1.66 bits per heavy atom. The first-order valence-corrected chi connectivity index (χ1v) is 10.0. The van der Waals surface area contributed by atoms with E-state index in [2.05, 4.69) is 42.4 Å². The zero-order valence-corrected chi connectivity index (χ0v) is 18.1. The zero-order valence-electron chi connectivity index (χ0n) is 15.0. The summed E-state index contributed by atoms with van der Waals surface area (Å²) in [6, 6.07) is 18.8. The number of halogens is 2. The van der Waals surface area contributed by atoms with E-state index in [-0.39, 0.29) is 22.6 Å². The Kier molecular flexibility index (Phi) is 6.90. The van der Waals surface area contributed by atoms with Gasteiger partial charge in [0.25, 0.3) is 5.91 Å². The Morgan fingerprint density at radius 1 is 1.00 bits per heavy atom. The van der Waals surface area contributed by atoms with E-state index in [0.717, 1.165) is 11.1 Å². The van der Waals surface area contributed by atoms with Crippen LogP contribution >= 0.6 is 31.9 Å². The highest BCUT2D eigenvalue weighted by molar-refractivity contribution is 9.11. The number of aromatic hydroxyl groups is 2. The van der Waals surface area contributed by atoms with Crippen LogP contribution in [0.2, 0.25) is 0 Å². The highest BCUT2D eigenvalue weighted by Crippen LogP contribution is 2.40. The molecule has 0 aliphatic carbocycles. The van der Waals surface area contributed by atoms with Gasteiger partial charge in [-0.15, -0.1) is 0 Å². The molecule has 0 aromatic heterocycles. The molecular formula is C21H16Br2N2O4. The summed E-state index contributed by atoms with van der Waals surface area (Å²) in [5, 5.41) is 23.5. The SMILES string of the molecule is O=C(COc1ccc(-c2ccccc2)cc1)N/N=C/c1cc(Br)c(O)c(Br)c1O. The van der Waals surface area contributed by atoms with E-state index in [1.54, 1.807) is 12.1 Å². The molecule has 0 radical (unpaired) electrons. The molecule has 3 N–H and O–H groups in total. The summed E-state index contributed by atoms with van der Waals surface area (Å²) < 4.78 is 5.95. The maximum atomic E-state index is 11.9. The molecule has 3 aromatic carbocycles. The van der Waals surface area contributed by atoms with Crippen LogP contribution in [0.3, 0.4) is 0 Å². The lowest BCUT2D eigenvalue weighted by molar-refractivity contribution is -0.123. The molecule has 0 aliphatic rings. The predicted octanol–water partition coefficient (Wildman–Crippen LogP) is 4.82. The van der Waals surface area contributed by atoms with E-state index in [9.17, 15) is 15.0 Å². The second kappa shape index (κ2) is 9.58. The molecule has 0 spiro atoms. The fourth-order valence-electron chi connectivity index (χ4n) is 2.44. The number of carbonyl (C=O) groups excluding carboxylic acids is 1. The topological polar surface area (TPSA) is 91.2 Å². The molecule has 0 atom stereocenters. The monoisotopic (exact) mass is 518 g/mol. The van der Waals surface area contributed by atoms with Gasteiger partial charge in [-0.05, 0) is 61.2 Å². The third-order valence-corrected chi connectivity index (χ3v) is 5.28. The van der Waals surface area contributed by atoms with Crippen LogP contribution in [0.4, 0.5) is 0 Å². The van der Waals surface area contributed by atoms with Gasteiger partial charge in [0.2, 0.25) is 0 Å². The molecule has 0 unspecified atom stereocenters. The number of rotatable bonds is 6. The molecule has 0 bridgehead atoms. The van der Waals surface area contributed by atoms with Crippen molar-refractivity contribution in [2.45, 2.75) is 0 Å². The van der Waals surface area contributed by atoms with E-state index >= 15 is 0 Å². The smallest absolute Gasteiger partial charge is 0.277 e. The van der Waals surface area contributed by atoms with Crippen LogP contribution in [-0.2, 0) is 4.79 Å². The lowest BCUT2D eigenvalue weighted by Gasteiger charge is -2.07. The summed E-state index contributed by atoms with van der Waals surface area (Å²) in [4.78, 5) is 11.9. The van der Waals surface area contributed by atoms with Gasteiger partial charge in [-0.3, -0.25) is 4.79 Å². The molecule has 0 heterocycles. The van der Waals surface area contributed by atoms with Gasteiger partial charge in [-0.2, -0.15) is 5.10 Å². The van der Waals surface area contributed by atoms with Gasteiger partial charge in [0, 0.05) is 5.56 Å². The molecule has 0 aliphatic heterocycles. The van der Waals surface area contributed by atoms with Gasteiger partial charge >= 0.3 is 0 Å². The second-order valence-corrected chi connectivity index (χ2v) is 7.58. The number of hydrogen-bond donors (Lipinski definition) is 3. The maximum absolute atomic E-state index is 11.9. The summed E-state index contributed by atoms with van der Waals surface area (Å²) >= 11 is 6.24. The van der Waals surface area contributed by atoms with Crippen LogP contribution in [0.25, 0.3) is 11.1 Å². The minimum atomic E-state index is -0.454. The number of nitrogens with one attached hydrogen (secondary N) is 1. The minimum Gasteiger partial charge on any atom is -0.506 e. The predicted molar refractivity (Wildman–Crippen MR) is 118 cm³/mol. The largest absolute Gasteiger partial charge is 0.506 e. The summed E-state index contributed by atoms with van der Waals surface area (Å²) in [5.41, 5.74) is 4.78. The molecule has 148 valence electrons. The average Bonchev–Trinajstić information content (AvgIpc) is 2.75. The van der Waals surface area contributed by atoms with E-state index in [4.69, 9.17) is 4.74 Å². The Bertz CT molecular complexity index is 1040. The van der Waals surface area contributed by atoms with E-state index < -0.39 is 5.91 Å². The first-order chi connectivity index (χ1) is 14.0. The van der Waals surface area contributed by atoms with Crippen molar-refractivity contribution in [2.75, 3.05) is 6.61 Å². The Morgan fingerprint density at radius 3 is 2.34 bits per heavy atom. The van der Waals surface area contributed by atoms with Crippen LogP contribution < -0.4 is 10.2 Å². The van der Waals surface area contributed by atoms with Crippen molar-refractivity contribution in [3.8, 4) is 28.4 Å². The highest BCUT2D eigenvalue weighted by atomic mass is 79.9. The third kappa shape index (κ3) is 5.36. The minimum absolute atomic E-state index is 0.127.